The number of hydrogen-bond donors (Lipinski definition) is 2. The van der Waals surface area contributed by atoms with Crippen LogP contribution in [0.2, 0.25) is 0 Å². The number of rotatable bonds is 10. The van der Waals surface area contributed by atoms with Crippen LogP contribution < -0.4 is 19.5 Å². The minimum Gasteiger partial charge on any atom is -0.493 e. The first-order chi connectivity index (χ1) is 15.9. The Bertz CT molecular complexity index is 1000. The maximum Gasteiger partial charge on any atom is 0.243 e. The van der Waals surface area contributed by atoms with Gasteiger partial charge in [0, 0.05) is 25.6 Å². The summed E-state index contributed by atoms with van der Waals surface area (Å²) in [4.78, 5) is 12.8. The number of amides is 1. The van der Waals surface area contributed by atoms with Crippen LogP contribution in [0.15, 0.2) is 53.4 Å². The Labute approximate surface area is 194 Å². The highest BCUT2D eigenvalue weighted by atomic mass is 32.2. The number of carbonyl (C=O) groups is 1. The molecule has 1 unspecified atom stereocenters. The van der Waals surface area contributed by atoms with Gasteiger partial charge in [-0.25, -0.2) is 8.42 Å². The van der Waals surface area contributed by atoms with Crippen molar-refractivity contribution >= 4 is 15.9 Å². The van der Waals surface area contributed by atoms with Crippen LogP contribution in [0, 0.1) is 5.92 Å². The van der Waals surface area contributed by atoms with Crippen LogP contribution >= 0.6 is 0 Å². The number of para-hydroxylation sites is 1. The normalized spacial score (nSPS) is 16.1. The summed E-state index contributed by atoms with van der Waals surface area (Å²) < 4.78 is 43.0. The molecule has 0 saturated carbocycles. The van der Waals surface area contributed by atoms with Crippen LogP contribution in [0.3, 0.4) is 0 Å². The van der Waals surface area contributed by atoms with E-state index in [2.05, 4.69) is 5.32 Å². The molecule has 2 aromatic rings. The second kappa shape index (κ2) is 11.4. The fourth-order valence-electron chi connectivity index (χ4n) is 3.66. The molecule has 3 rings (SSSR count). The Balaban J connectivity index is 1.45. The van der Waals surface area contributed by atoms with Gasteiger partial charge in [-0.15, -0.1) is 0 Å². The van der Waals surface area contributed by atoms with Gasteiger partial charge >= 0.3 is 0 Å². The molecule has 33 heavy (non-hydrogen) atoms. The highest BCUT2D eigenvalue weighted by Crippen LogP contribution is 2.36. The van der Waals surface area contributed by atoms with Crippen molar-refractivity contribution in [2.75, 3.05) is 40.5 Å². The van der Waals surface area contributed by atoms with E-state index in [1.165, 1.54) is 18.5 Å². The highest BCUT2D eigenvalue weighted by Gasteiger charge is 2.32. The summed E-state index contributed by atoms with van der Waals surface area (Å²) in [6, 6.07) is 13.5. The van der Waals surface area contributed by atoms with Gasteiger partial charge in [0.05, 0.1) is 19.1 Å². The van der Waals surface area contributed by atoms with Gasteiger partial charge in [-0.2, -0.15) is 4.31 Å². The van der Waals surface area contributed by atoms with E-state index in [9.17, 15) is 18.3 Å². The molecule has 0 aromatic heterocycles. The van der Waals surface area contributed by atoms with Crippen LogP contribution in [0.4, 0.5) is 0 Å². The lowest BCUT2D eigenvalue weighted by Gasteiger charge is -2.30. The Hall–Kier alpha value is -2.82. The molecule has 0 aliphatic carbocycles. The zero-order chi connectivity index (χ0) is 23.8. The van der Waals surface area contributed by atoms with Gasteiger partial charge in [-0.05, 0) is 37.1 Å². The van der Waals surface area contributed by atoms with Crippen molar-refractivity contribution in [3.05, 3.63) is 48.5 Å². The fraction of sp³-hybridized carbons (Fsp3) is 0.435. The average molecular weight is 479 g/mol. The number of aliphatic hydroxyl groups is 1. The average Bonchev–Trinajstić information content (AvgIpc) is 2.86. The number of benzene rings is 2. The second-order valence-corrected chi connectivity index (χ2v) is 9.63. The first-order valence-corrected chi connectivity index (χ1v) is 12.2. The third-order valence-corrected chi connectivity index (χ3v) is 7.43. The molecule has 10 heteroatoms. The zero-order valence-electron chi connectivity index (χ0n) is 18.8. The van der Waals surface area contributed by atoms with Gasteiger partial charge in [0.25, 0.3) is 0 Å². The summed E-state index contributed by atoms with van der Waals surface area (Å²) in [5.41, 5.74) is 0. The highest BCUT2D eigenvalue weighted by molar-refractivity contribution is 7.89. The van der Waals surface area contributed by atoms with Crippen molar-refractivity contribution in [2.45, 2.75) is 23.8 Å². The van der Waals surface area contributed by atoms with Crippen LogP contribution in [0.25, 0.3) is 0 Å². The van der Waals surface area contributed by atoms with Crippen LogP contribution in [-0.2, 0) is 14.8 Å². The summed E-state index contributed by atoms with van der Waals surface area (Å²) in [7, 11) is -0.540. The van der Waals surface area contributed by atoms with Crippen LogP contribution in [-0.4, -0.2) is 70.3 Å². The molecule has 1 atom stereocenters. The Kier molecular flexibility index (Phi) is 8.54. The van der Waals surface area contributed by atoms with Crippen molar-refractivity contribution in [3.63, 3.8) is 0 Å². The summed E-state index contributed by atoms with van der Waals surface area (Å²) in [6.07, 6.45) is -0.103. The van der Waals surface area contributed by atoms with Crippen molar-refractivity contribution in [1.82, 2.24) is 9.62 Å². The molecule has 0 bridgehead atoms. The predicted molar refractivity (Wildman–Crippen MR) is 122 cm³/mol. The molecule has 1 fully saturated rings. The lowest BCUT2D eigenvalue weighted by molar-refractivity contribution is -0.126. The summed E-state index contributed by atoms with van der Waals surface area (Å²) in [5.74, 6) is 0.806. The first kappa shape index (κ1) is 24.8. The molecule has 2 N–H and O–H groups in total. The summed E-state index contributed by atoms with van der Waals surface area (Å²) in [6.45, 7) is 0.493. The Morgan fingerprint density at radius 2 is 1.67 bits per heavy atom. The molecule has 2 aromatic carbocycles. The predicted octanol–water partition coefficient (Wildman–Crippen LogP) is 1.66. The van der Waals surface area contributed by atoms with Crippen LogP contribution in [0.1, 0.15) is 12.8 Å². The number of sulfonamides is 1. The zero-order valence-corrected chi connectivity index (χ0v) is 19.6. The number of aliphatic hydroxyl groups excluding tert-OH is 1. The van der Waals surface area contributed by atoms with Gasteiger partial charge in [-0.1, -0.05) is 24.3 Å². The number of carbonyl (C=O) groups excluding carboxylic acids is 1. The molecule has 1 heterocycles. The number of nitrogens with zero attached hydrogens (tertiary/aromatic N) is 1. The molecule has 1 saturated heterocycles. The number of hydrogen-bond acceptors (Lipinski definition) is 7. The topological polar surface area (TPSA) is 114 Å². The minimum atomic E-state index is -3.56. The van der Waals surface area contributed by atoms with Crippen molar-refractivity contribution in [3.8, 4) is 17.2 Å². The summed E-state index contributed by atoms with van der Waals surface area (Å²) in [5, 5.41) is 13.0. The van der Waals surface area contributed by atoms with Crippen LogP contribution in [0.5, 0.6) is 17.2 Å². The van der Waals surface area contributed by atoms with E-state index in [4.69, 9.17) is 14.2 Å². The van der Waals surface area contributed by atoms with Gasteiger partial charge in [-0.3, -0.25) is 4.79 Å². The quantitative estimate of drug-likeness (QED) is 0.534. The molecule has 1 aliphatic rings. The Morgan fingerprint density at radius 3 is 2.24 bits per heavy atom. The lowest BCUT2D eigenvalue weighted by Crippen LogP contribution is -2.44. The standard InChI is InChI=1S/C23H30N2O7S/c1-30-20-9-6-10-21(31-2)22(20)32-16-18(26)15-24-23(27)17-11-13-25(14-12-17)33(28,29)19-7-4-3-5-8-19/h3-10,17-18,26H,11-16H2,1-2H3,(H,24,27). The van der Waals surface area contributed by atoms with E-state index >= 15 is 0 Å². The second-order valence-electron chi connectivity index (χ2n) is 7.69. The maximum atomic E-state index is 12.7. The van der Waals surface area contributed by atoms with Crippen molar-refractivity contribution in [1.29, 1.82) is 0 Å². The lowest BCUT2D eigenvalue weighted by atomic mass is 9.97. The van der Waals surface area contributed by atoms with E-state index in [0.29, 0.717) is 30.1 Å². The number of ether oxygens (including phenoxy) is 3. The number of methoxy groups -OCH3 is 2. The van der Waals surface area contributed by atoms with Gasteiger partial charge in [0.1, 0.15) is 12.7 Å². The molecule has 1 aliphatic heterocycles. The molecule has 9 nitrogen and oxygen atoms in total. The first-order valence-electron chi connectivity index (χ1n) is 10.7. The van der Waals surface area contributed by atoms with E-state index in [1.807, 2.05) is 0 Å². The summed E-state index contributed by atoms with van der Waals surface area (Å²) >= 11 is 0. The fourth-order valence-corrected chi connectivity index (χ4v) is 5.15. The maximum absolute atomic E-state index is 12.7. The molecular weight excluding hydrogens is 448 g/mol. The van der Waals surface area contributed by atoms with Gasteiger partial charge in [0.15, 0.2) is 11.5 Å². The SMILES string of the molecule is COc1cccc(OC)c1OCC(O)CNC(=O)C1CCN(S(=O)(=O)c2ccccc2)CC1. The third kappa shape index (κ3) is 6.16. The molecule has 0 radical (unpaired) electrons. The van der Waals surface area contributed by atoms with Gasteiger partial charge < -0.3 is 24.6 Å². The number of nitrogens with one attached hydrogen (secondary N) is 1. The number of piperidine rings is 1. The molecule has 180 valence electrons. The van der Waals surface area contributed by atoms with E-state index in [1.54, 1.807) is 48.5 Å². The van der Waals surface area contributed by atoms with Gasteiger partial charge in [0.2, 0.25) is 21.7 Å². The smallest absolute Gasteiger partial charge is 0.243 e. The minimum absolute atomic E-state index is 0.0127. The third-order valence-electron chi connectivity index (χ3n) is 5.52. The van der Waals surface area contributed by atoms with E-state index in [-0.39, 0.29) is 43.0 Å². The Morgan fingerprint density at radius 1 is 1.06 bits per heavy atom. The largest absolute Gasteiger partial charge is 0.493 e. The van der Waals surface area contributed by atoms with Crippen molar-refractivity contribution < 1.29 is 32.5 Å². The monoisotopic (exact) mass is 478 g/mol. The van der Waals surface area contributed by atoms with Crippen molar-refractivity contribution in [2.24, 2.45) is 5.92 Å². The van der Waals surface area contributed by atoms with E-state index in [0.717, 1.165) is 0 Å². The van der Waals surface area contributed by atoms with E-state index < -0.39 is 16.1 Å². The molecule has 1 amide bonds. The molecule has 0 spiro atoms. The molecular formula is C23H30N2O7S.